The molecule has 2 amide bonds. The molecule has 0 saturated carbocycles. The minimum absolute atomic E-state index is 0.276. The molecule has 5 nitrogen and oxygen atoms in total. The molecule has 8 heteroatoms. The number of aromatic nitrogens is 1. The molecule has 0 unspecified atom stereocenters. The van der Waals surface area contributed by atoms with E-state index >= 15 is 0 Å². The van der Waals surface area contributed by atoms with Gasteiger partial charge in [-0.1, -0.05) is 19.1 Å². The number of amides is 2. The van der Waals surface area contributed by atoms with E-state index in [2.05, 4.69) is 10.3 Å². The van der Waals surface area contributed by atoms with Crippen molar-refractivity contribution in [3.05, 3.63) is 70.7 Å². The Morgan fingerprint density at radius 3 is 2.48 bits per heavy atom. The number of carbonyl (C=O) groups is 2. The average molecular weight is 429 g/mol. The Kier molecular flexibility index (Phi) is 6.58. The van der Waals surface area contributed by atoms with Crippen molar-refractivity contribution in [2.45, 2.75) is 27.2 Å². The highest BCUT2D eigenvalue weighted by Gasteiger charge is 2.22. The SMILES string of the molecule is CCCN(CC(=O)Nc1ccc(F)c(F)c1F)C(=O)c1cc2ccc(C)cc2nc1C. The van der Waals surface area contributed by atoms with Crippen LogP contribution in [0.2, 0.25) is 0 Å². The number of anilines is 1. The molecular weight excluding hydrogens is 407 g/mol. The lowest BCUT2D eigenvalue weighted by Crippen LogP contribution is -2.39. The Balaban J connectivity index is 1.83. The summed E-state index contributed by atoms with van der Waals surface area (Å²) >= 11 is 0. The fourth-order valence-electron chi connectivity index (χ4n) is 3.27. The number of fused-ring (bicyclic) bond motifs is 1. The first-order chi connectivity index (χ1) is 14.7. The lowest BCUT2D eigenvalue weighted by Gasteiger charge is -2.22. The average Bonchev–Trinajstić information content (AvgIpc) is 2.73. The lowest BCUT2D eigenvalue weighted by atomic mass is 10.1. The van der Waals surface area contributed by atoms with Crippen LogP contribution in [0.3, 0.4) is 0 Å². The van der Waals surface area contributed by atoms with Crippen molar-refractivity contribution < 1.29 is 22.8 Å². The third-order valence-electron chi connectivity index (χ3n) is 4.82. The van der Waals surface area contributed by atoms with Crippen LogP contribution < -0.4 is 5.32 Å². The molecule has 162 valence electrons. The normalized spacial score (nSPS) is 10.9. The Hall–Kier alpha value is -3.42. The first-order valence-corrected chi connectivity index (χ1v) is 9.82. The van der Waals surface area contributed by atoms with Crippen LogP contribution in [0.1, 0.15) is 35.0 Å². The van der Waals surface area contributed by atoms with Crippen LogP contribution in [0.15, 0.2) is 36.4 Å². The van der Waals surface area contributed by atoms with Crippen LogP contribution in [-0.2, 0) is 4.79 Å². The Morgan fingerprint density at radius 2 is 1.77 bits per heavy atom. The third-order valence-corrected chi connectivity index (χ3v) is 4.82. The number of hydrogen-bond acceptors (Lipinski definition) is 3. The Bertz CT molecular complexity index is 1160. The van der Waals surface area contributed by atoms with Gasteiger partial charge in [-0.05, 0) is 50.1 Å². The van der Waals surface area contributed by atoms with Gasteiger partial charge in [0.25, 0.3) is 5.91 Å². The summed E-state index contributed by atoms with van der Waals surface area (Å²) in [7, 11) is 0. The van der Waals surface area contributed by atoms with Crippen LogP contribution in [0.25, 0.3) is 10.9 Å². The predicted octanol–water partition coefficient (Wildman–Crippen LogP) is 4.76. The second-order valence-corrected chi connectivity index (χ2v) is 7.32. The van der Waals surface area contributed by atoms with Crippen molar-refractivity contribution in [1.29, 1.82) is 0 Å². The molecule has 0 spiro atoms. The van der Waals surface area contributed by atoms with E-state index in [1.165, 1.54) is 4.90 Å². The highest BCUT2D eigenvalue weighted by molar-refractivity contribution is 6.01. The largest absolute Gasteiger partial charge is 0.329 e. The number of aryl methyl sites for hydroxylation is 2. The van der Waals surface area contributed by atoms with Gasteiger partial charge in [-0.2, -0.15) is 0 Å². The fraction of sp³-hybridized carbons (Fsp3) is 0.261. The van der Waals surface area contributed by atoms with E-state index in [0.29, 0.717) is 17.7 Å². The Morgan fingerprint density at radius 1 is 1.03 bits per heavy atom. The van der Waals surface area contributed by atoms with Crippen LogP contribution in [0.5, 0.6) is 0 Å². The van der Waals surface area contributed by atoms with E-state index in [4.69, 9.17) is 0 Å². The van der Waals surface area contributed by atoms with Crippen molar-refractivity contribution in [2.75, 3.05) is 18.4 Å². The first kappa shape index (κ1) is 22.3. The number of rotatable bonds is 6. The van der Waals surface area contributed by atoms with Gasteiger partial charge >= 0.3 is 0 Å². The van der Waals surface area contributed by atoms with Crippen LogP contribution in [0, 0.1) is 31.3 Å². The topological polar surface area (TPSA) is 62.3 Å². The van der Waals surface area contributed by atoms with Gasteiger partial charge < -0.3 is 10.2 Å². The van der Waals surface area contributed by atoms with Gasteiger partial charge in [-0.25, -0.2) is 13.2 Å². The van der Waals surface area contributed by atoms with Gasteiger partial charge in [0.05, 0.1) is 22.5 Å². The molecule has 0 aliphatic carbocycles. The summed E-state index contributed by atoms with van der Waals surface area (Å²) in [6.07, 6.45) is 0.581. The standard InChI is InChI=1S/C23H22F3N3O2/c1-4-9-29(12-20(30)28-18-8-7-17(24)21(25)22(18)26)23(31)16-11-15-6-5-13(2)10-19(15)27-14(16)3/h5-8,10-11H,4,9,12H2,1-3H3,(H,28,30). The van der Waals surface area contributed by atoms with E-state index in [-0.39, 0.29) is 13.1 Å². The maximum atomic E-state index is 13.8. The maximum Gasteiger partial charge on any atom is 0.256 e. The van der Waals surface area contributed by atoms with E-state index in [1.807, 2.05) is 32.0 Å². The summed E-state index contributed by atoms with van der Waals surface area (Å²) in [6.45, 7) is 5.42. The van der Waals surface area contributed by atoms with Gasteiger partial charge in [0.2, 0.25) is 5.91 Å². The van der Waals surface area contributed by atoms with Gasteiger partial charge in [0, 0.05) is 11.9 Å². The third kappa shape index (κ3) is 4.84. The molecule has 0 aliphatic heterocycles. The molecule has 1 aromatic heterocycles. The maximum absolute atomic E-state index is 13.8. The number of carbonyl (C=O) groups excluding carboxylic acids is 2. The zero-order valence-corrected chi connectivity index (χ0v) is 17.4. The van der Waals surface area contributed by atoms with Crippen LogP contribution in [0.4, 0.5) is 18.9 Å². The van der Waals surface area contributed by atoms with Gasteiger partial charge in [-0.15, -0.1) is 0 Å². The smallest absolute Gasteiger partial charge is 0.256 e. The Labute approximate surface area is 177 Å². The first-order valence-electron chi connectivity index (χ1n) is 9.82. The second-order valence-electron chi connectivity index (χ2n) is 7.32. The molecule has 1 heterocycles. The summed E-state index contributed by atoms with van der Waals surface area (Å²) < 4.78 is 40.3. The highest BCUT2D eigenvalue weighted by Crippen LogP contribution is 2.21. The van der Waals surface area contributed by atoms with E-state index in [0.717, 1.165) is 28.6 Å². The van der Waals surface area contributed by atoms with Crippen molar-refractivity contribution >= 4 is 28.4 Å². The number of pyridine rings is 1. The molecule has 0 aliphatic rings. The minimum atomic E-state index is -1.67. The van der Waals surface area contributed by atoms with E-state index in [1.54, 1.807) is 13.0 Å². The second kappa shape index (κ2) is 9.16. The molecule has 0 radical (unpaired) electrons. The number of benzene rings is 2. The van der Waals surface area contributed by atoms with E-state index < -0.39 is 35.0 Å². The van der Waals surface area contributed by atoms with Crippen molar-refractivity contribution in [2.24, 2.45) is 0 Å². The molecular formula is C23H22F3N3O2. The quantitative estimate of drug-likeness (QED) is 0.575. The molecule has 0 saturated heterocycles. The zero-order chi connectivity index (χ0) is 22.7. The molecule has 3 aromatic rings. The molecule has 3 rings (SSSR count). The summed E-state index contributed by atoms with van der Waals surface area (Å²) in [6, 6.07) is 9.09. The fourth-order valence-corrected chi connectivity index (χ4v) is 3.27. The molecule has 0 atom stereocenters. The molecule has 31 heavy (non-hydrogen) atoms. The van der Waals surface area contributed by atoms with E-state index in [9.17, 15) is 22.8 Å². The van der Waals surface area contributed by atoms with Crippen molar-refractivity contribution in [3.63, 3.8) is 0 Å². The highest BCUT2D eigenvalue weighted by atomic mass is 19.2. The summed E-state index contributed by atoms with van der Waals surface area (Å²) in [4.78, 5) is 31.4. The zero-order valence-electron chi connectivity index (χ0n) is 17.4. The number of hydrogen-bond donors (Lipinski definition) is 1. The number of halogens is 3. The van der Waals surface area contributed by atoms with Gasteiger partial charge in [0.1, 0.15) is 6.54 Å². The summed E-state index contributed by atoms with van der Waals surface area (Å²) in [5.74, 6) is -5.64. The van der Waals surface area contributed by atoms with Crippen LogP contribution >= 0.6 is 0 Å². The summed E-state index contributed by atoms with van der Waals surface area (Å²) in [5.41, 5.74) is 2.20. The molecule has 1 N–H and O–H groups in total. The van der Waals surface area contributed by atoms with Crippen LogP contribution in [-0.4, -0.2) is 34.8 Å². The van der Waals surface area contributed by atoms with Gasteiger partial charge in [0.15, 0.2) is 17.5 Å². The monoisotopic (exact) mass is 429 g/mol. The lowest BCUT2D eigenvalue weighted by molar-refractivity contribution is -0.116. The van der Waals surface area contributed by atoms with Crippen molar-refractivity contribution in [1.82, 2.24) is 9.88 Å². The van der Waals surface area contributed by atoms with Gasteiger partial charge in [-0.3, -0.25) is 14.6 Å². The number of nitrogens with zero attached hydrogens (tertiary/aromatic N) is 2. The number of nitrogens with one attached hydrogen (secondary N) is 1. The minimum Gasteiger partial charge on any atom is -0.329 e. The summed E-state index contributed by atoms with van der Waals surface area (Å²) in [5, 5.41) is 2.99. The molecule has 0 bridgehead atoms. The molecule has 2 aromatic carbocycles. The molecule has 0 fully saturated rings. The van der Waals surface area contributed by atoms with Crippen molar-refractivity contribution in [3.8, 4) is 0 Å². The predicted molar refractivity (Wildman–Crippen MR) is 112 cm³/mol.